The van der Waals surface area contributed by atoms with Gasteiger partial charge in [-0.15, -0.1) is 11.3 Å². The van der Waals surface area contributed by atoms with Gasteiger partial charge in [-0.3, -0.25) is 24.0 Å². The van der Waals surface area contributed by atoms with Crippen molar-refractivity contribution in [1.82, 2.24) is 29.1 Å². The van der Waals surface area contributed by atoms with Crippen molar-refractivity contribution in [3.63, 3.8) is 0 Å². The summed E-state index contributed by atoms with van der Waals surface area (Å²) in [5, 5.41) is 12.4. The summed E-state index contributed by atoms with van der Waals surface area (Å²) >= 11 is 7.62. The number of hydrogen-bond donors (Lipinski definition) is 1. The predicted molar refractivity (Wildman–Crippen MR) is 195 cm³/mol. The zero-order valence-electron chi connectivity index (χ0n) is 28.2. The fourth-order valence-electron chi connectivity index (χ4n) is 6.18. The van der Waals surface area contributed by atoms with Gasteiger partial charge in [0.05, 0.1) is 45.7 Å². The third kappa shape index (κ3) is 7.81. The maximum absolute atomic E-state index is 14.2. The lowest BCUT2D eigenvalue weighted by molar-refractivity contribution is 0.0983. The van der Waals surface area contributed by atoms with E-state index in [4.69, 9.17) is 16.3 Å². The molecule has 1 saturated heterocycles. The van der Waals surface area contributed by atoms with Crippen LogP contribution in [-0.4, -0.2) is 90.0 Å². The molecule has 5 aromatic rings. The molecule has 17 heteroatoms. The quantitative estimate of drug-likeness (QED) is 0.213. The lowest BCUT2D eigenvalue weighted by Crippen LogP contribution is -2.50. The zero-order chi connectivity index (χ0) is 36.7. The lowest BCUT2D eigenvalue weighted by atomic mass is 10.0. The summed E-state index contributed by atoms with van der Waals surface area (Å²) < 4.78 is 47.9. The number of benzene rings is 1. The number of sulfonamides is 1. The van der Waals surface area contributed by atoms with Crippen molar-refractivity contribution in [2.75, 3.05) is 50.5 Å². The molecule has 1 aliphatic heterocycles. The zero-order valence-corrected chi connectivity index (χ0v) is 30.6. The van der Waals surface area contributed by atoms with Gasteiger partial charge in [-0.05, 0) is 45.0 Å². The molecule has 266 valence electrons. The maximum Gasteiger partial charge on any atom is 0.267 e. The Bertz CT molecular complexity index is 2380. The van der Waals surface area contributed by atoms with Gasteiger partial charge in [0.15, 0.2) is 0 Å². The van der Waals surface area contributed by atoms with Crippen molar-refractivity contribution in [2.45, 2.75) is 33.0 Å². The normalized spacial score (nSPS) is 14.2. The molecule has 1 amide bonds. The van der Waals surface area contributed by atoms with Crippen LogP contribution < -0.4 is 19.9 Å². The van der Waals surface area contributed by atoms with Crippen molar-refractivity contribution in [2.24, 2.45) is 0 Å². The number of aromatic nitrogens is 4. The first kappa shape index (κ1) is 36.1. The highest BCUT2D eigenvalue weighted by Crippen LogP contribution is 2.39. The van der Waals surface area contributed by atoms with Gasteiger partial charge in [-0.2, -0.15) is 5.26 Å². The second-order valence-electron chi connectivity index (χ2n) is 12.8. The molecule has 0 radical (unpaired) electrons. The first-order valence-corrected chi connectivity index (χ1v) is 19.1. The molecule has 6 rings (SSSR count). The van der Waals surface area contributed by atoms with E-state index in [1.54, 1.807) is 50.4 Å². The number of pyridine rings is 2. The maximum atomic E-state index is 14.2. The molecule has 0 saturated carbocycles. The van der Waals surface area contributed by atoms with Crippen LogP contribution in [0.3, 0.4) is 0 Å². The summed E-state index contributed by atoms with van der Waals surface area (Å²) in [6.07, 6.45) is 3.92. The minimum atomic E-state index is -3.78. The average Bonchev–Trinajstić information content (AvgIpc) is 3.50. The monoisotopic (exact) mass is 752 g/mol. The molecule has 5 heterocycles. The van der Waals surface area contributed by atoms with Gasteiger partial charge >= 0.3 is 0 Å². The molecule has 51 heavy (non-hydrogen) atoms. The van der Waals surface area contributed by atoms with Gasteiger partial charge in [0.25, 0.3) is 11.5 Å². The van der Waals surface area contributed by atoms with E-state index in [1.165, 1.54) is 28.3 Å². The molecule has 4 aromatic heterocycles. The number of aryl methyl sites for hydroxylation is 1. The predicted octanol–water partition coefficient (Wildman–Crippen LogP) is 4.54. The third-order valence-electron chi connectivity index (χ3n) is 8.34. The minimum absolute atomic E-state index is 0.0515. The van der Waals surface area contributed by atoms with E-state index in [9.17, 15) is 27.7 Å². The molecule has 0 aliphatic carbocycles. The summed E-state index contributed by atoms with van der Waals surface area (Å²) in [5.74, 6) is 0.474. The SMILES string of the molecule is Cc1nc2cnc(N3CCN(CC(C)(C)F)CC3)c(C#N)c2c(=O)n1CCOc1ccc(Cl)cc1-c1ccnc2c(C(=O)NS(C)(=O)=O)csc12. The molecule has 1 N–H and O–H groups in total. The highest BCUT2D eigenvalue weighted by atomic mass is 35.5. The van der Waals surface area contributed by atoms with Crippen LogP contribution in [0.1, 0.15) is 35.6 Å². The number of carbonyl (C=O) groups excluding carboxylic acids is 1. The van der Waals surface area contributed by atoms with Crippen LogP contribution in [0.4, 0.5) is 10.2 Å². The number of nitrogens with zero attached hydrogens (tertiary/aromatic N) is 7. The van der Waals surface area contributed by atoms with E-state index >= 15 is 0 Å². The Kier molecular flexibility index (Phi) is 10.0. The van der Waals surface area contributed by atoms with E-state index in [0.29, 0.717) is 82.0 Å². The van der Waals surface area contributed by atoms with E-state index < -0.39 is 27.2 Å². The Morgan fingerprint density at radius 2 is 1.92 bits per heavy atom. The lowest BCUT2D eigenvalue weighted by Gasteiger charge is -2.37. The Morgan fingerprint density at radius 1 is 1.18 bits per heavy atom. The van der Waals surface area contributed by atoms with Crippen LogP contribution in [0.2, 0.25) is 5.02 Å². The van der Waals surface area contributed by atoms with Gasteiger partial charge in [0.2, 0.25) is 10.0 Å². The summed E-state index contributed by atoms with van der Waals surface area (Å²) in [7, 11) is -3.78. The summed E-state index contributed by atoms with van der Waals surface area (Å²) in [4.78, 5) is 44.1. The molecule has 13 nitrogen and oxygen atoms in total. The molecule has 0 unspecified atom stereocenters. The van der Waals surface area contributed by atoms with Crippen molar-refractivity contribution < 1.29 is 22.3 Å². The average molecular weight is 753 g/mol. The van der Waals surface area contributed by atoms with Gasteiger partial charge in [-0.1, -0.05) is 11.6 Å². The van der Waals surface area contributed by atoms with Gasteiger partial charge < -0.3 is 9.64 Å². The molecular weight excluding hydrogens is 719 g/mol. The number of rotatable bonds is 10. The summed E-state index contributed by atoms with van der Waals surface area (Å²) in [6, 6.07) is 9.00. The van der Waals surface area contributed by atoms with E-state index in [0.717, 1.165) is 6.26 Å². The molecule has 0 atom stereocenters. The van der Waals surface area contributed by atoms with Crippen molar-refractivity contribution in [1.29, 1.82) is 5.26 Å². The number of anilines is 1. The van der Waals surface area contributed by atoms with Crippen LogP contribution in [-0.2, 0) is 16.6 Å². The topological polar surface area (TPSA) is 163 Å². The van der Waals surface area contributed by atoms with Crippen LogP contribution in [0, 0.1) is 18.3 Å². The van der Waals surface area contributed by atoms with E-state index in [-0.39, 0.29) is 29.7 Å². The van der Waals surface area contributed by atoms with Crippen molar-refractivity contribution in [3.05, 3.63) is 74.4 Å². The molecule has 1 aliphatic rings. The number of amides is 1. The minimum Gasteiger partial charge on any atom is -0.491 e. The summed E-state index contributed by atoms with van der Waals surface area (Å²) in [6.45, 7) is 7.49. The number of fused-ring (bicyclic) bond motifs is 2. The first-order valence-electron chi connectivity index (χ1n) is 15.9. The number of carbonyl (C=O) groups is 1. The van der Waals surface area contributed by atoms with Crippen molar-refractivity contribution >= 4 is 65.8 Å². The molecule has 0 spiro atoms. The number of nitrogens with one attached hydrogen (secondary N) is 1. The largest absolute Gasteiger partial charge is 0.491 e. The number of halogens is 2. The third-order valence-corrected chi connectivity index (χ3v) is 10.1. The second-order valence-corrected chi connectivity index (χ2v) is 15.9. The number of ether oxygens (including phenoxy) is 1. The number of thiophene rings is 1. The number of nitriles is 1. The van der Waals surface area contributed by atoms with Crippen LogP contribution in [0.5, 0.6) is 5.75 Å². The van der Waals surface area contributed by atoms with Crippen LogP contribution >= 0.6 is 22.9 Å². The Balaban J connectivity index is 1.26. The number of hydrogen-bond acceptors (Lipinski definition) is 12. The van der Waals surface area contributed by atoms with Gasteiger partial charge in [-0.25, -0.2) is 27.5 Å². The smallest absolute Gasteiger partial charge is 0.267 e. The van der Waals surface area contributed by atoms with Crippen molar-refractivity contribution in [3.8, 4) is 22.9 Å². The van der Waals surface area contributed by atoms with Crippen LogP contribution in [0.25, 0.3) is 32.2 Å². The van der Waals surface area contributed by atoms with E-state index in [1.807, 2.05) is 14.5 Å². The Labute approximate surface area is 302 Å². The van der Waals surface area contributed by atoms with Crippen LogP contribution in [0.15, 0.2) is 46.8 Å². The standard InChI is InChI=1S/C34H34ClFN8O5S2/c1-20-40-26-17-39-31(43-11-9-42(10-12-43)19-34(2,3)36)24(16-37)28(26)33(46)44(20)13-14-49-27-6-5-21(35)15-23(27)22-7-8-38-29-25(18-50-30(22)29)32(45)41-51(4,47)48/h5-8,15,17-18H,9-14,19H2,1-4H3,(H,41,45). The Morgan fingerprint density at radius 3 is 2.61 bits per heavy atom. The summed E-state index contributed by atoms with van der Waals surface area (Å²) in [5.41, 5.74) is 0.433. The highest BCUT2D eigenvalue weighted by Gasteiger charge is 2.27. The fraction of sp³-hybridized carbons (Fsp3) is 0.353. The second kappa shape index (κ2) is 14.1. The number of alkyl halides is 1. The van der Waals surface area contributed by atoms with Gasteiger partial charge in [0.1, 0.15) is 41.3 Å². The fourth-order valence-corrected chi connectivity index (χ4v) is 7.84. The first-order chi connectivity index (χ1) is 24.1. The molecule has 1 fully saturated rings. The van der Waals surface area contributed by atoms with E-state index in [2.05, 4.69) is 21.0 Å². The Hall–Kier alpha value is -4.69. The number of piperazine rings is 1. The molecular formula is C34H34ClFN8O5S2. The molecule has 0 bridgehead atoms. The van der Waals surface area contributed by atoms with Gasteiger partial charge in [0, 0.05) is 60.5 Å². The highest BCUT2D eigenvalue weighted by molar-refractivity contribution is 7.89. The molecule has 1 aromatic carbocycles.